The van der Waals surface area contributed by atoms with E-state index in [1.54, 1.807) is 23.1 Å². The highest BCUT2D eigenvalue weighted by Crippen LogP contribution is 2.18. The van der Waals surface area contributed by atoms with E-state index in [2.05, 4.69) is 10.2 Å². The van der Waals surface area contributed by atoms with Gasteiger partial charge in [0, 0.05) is 19.2 Å². The molecule has 1 aliphatic rings. The van der Waals surface area contributed by atoms with Crippen LogP contribution >= 0.6 is 0 Å². The van der Waals surface area contributed by atoms with E-state index in [1.807, 2.05) is 19.0 Å². The van der Waals surface area contributed by atoms with Crippen molar-refractivity contribution < 1.29 is 19.0 Å². The van der Waals surface area contributed by atoms with Crippen LogP contribution in [-0.4, -0.2) is 70.3 Å². The van der Waals surface area contributed by atoms with Crippen molar-refractivity contribution in [1.29, 1.82) is 0 Å². The quantitative estimate of drug-likeness (QED) is 0.838. The second kappa shape index (κ2) is 7.20. The number of hydrogen-bond acceptors (Lipinski definition) is 5. The molecule has 0 unspecified atom stereocenters. The van der Waals surface area contributed by atoms with Gasteiger partial charge in [0.1, 0.15) is 18.2 Å². The van der Waals surface area contributed by atoms with Gasteiger partial charge in [-0.3, -0.25) is 9.89 Å². The number of rotatable bonds is 5. The molecule has 7 nitrogen and oxygen atoms in total. The van der Waals surface area contributed by atoms with E-state index >= 15 is 0 Å². The molecule has 2 heterocycles. The molecule has 0 aliphatic carbocycles. The van der Waals surface area contributed by atoms with E-state index in [9.17, 15) is 14.3 Å². The molecule has 0 radical (unpaired) electrons. The minimum Gasteiger partial charge on any atom is -0.487 e. The molecule has 0 spiro atoms. The number of carbonyl (C=O) groups excluding carboxylic acids is 1. The number of aliphatic hydroxyl groups excluding tert-OH is 1. The minimum atomic E-state index is -0.575. The van der Waals surface area contributed by atoms with E-state index in [0.717, 1.165) is 0 Å². The molecule has 2 atom stereocenters. The maximum absolute atomic E-state index is 13.1. The van der Waals surface area contributed by atoms with Gasteiger partial charge in [-0.25, -0.2) is 4.39 Å². The summed E-state index contributed by atoms with van der Waals surface area (Å²) in [6, 6.07) is 7.36. The van der Waals surface area contributed by atoms with Crippen molar-refractivity contribution in [2.75, 3.05) is 27.2 Å². The van der Waals surface area contributed by atoms with Crippen LogP contribution in [0.15, 0.2) is 30.3 Å². The number of H-pyrrole nitrogens is 1. The van der Waals surface area contributed by atoms with E-state index in [0.29, 0.717) is 18.0 Å². The second-order valence-corrected chi connectivity index (χ2v) is 6.33. The molecule has 1 fully saturated rings. The maximum atomic E-state index is 13.1. The molecule has 134 valence electrons. The normalized spacial score (nSPS) is 20.3. The van der Waals surface area contributed by atoms with Crippen molar-refractivity contribution in [2.45, 2.75) is 18.8 Å². The van der Waals surface area contributed by atoms with Crippen molar-refractivity contribution >= 4 is 5.91 Å². The van der Waals surface area contributed by atoms with Crippen LogP contribution in [0.2, 0.25) is 0 Å². The number of aliphatic hydroxyl groups is 1. The molecule has 8 heteroatoms. The zero-order valence-corrected chi connectivity index (χ0v) is 14.1. The topological polar surface area (TPSA) is 81.7 Å². The van der Waals surface area contributed by atoms with Crippen molar-refractivity contribution in [3.05, 3.63) is 47.5 Å². The smallest absolute Gasteiger partial charge is 0.274 e. The number of likely N-dealkylation sites (tertiary alicyclic amines) is 1. The molecule has 0 saturated carbocycles. The molecule has 2 aromatic rings. The Morgan fingerprint density at radius 1 is 1.44 bits per heavy atom. The van der Waals surface area contributed by atoms with Gasteiger partial charge in [-0.15, -0.1) is 0 Å². The third-order valence-electron chi connectivity index (χ3n) is 4.25. The molecule has 25 heavy (non-hydrogen) atoms. The highest BCUT2D eigenvalue weighted by atomic mass is 19.1. The van der Waals surface area contributed by atoms with Crippen molar-refractivity contribution in [3.8, 4) is 5.75 Å². The summed E-state index contributed by atoms with van der Waals surface area (Å²) >= 11 is 0. The number of β-amino-alcohol motifs (C(OH)–C–C–N with tert-alkyl or cyclic N) is 1. The summed E-state index contributed by atoms with van der Waals surface area (Å²) in [4.78, 5) is 16.0. The number of amides is 1. The predicted octanol–water partition coefficient (Wildman–Crippen LogP) is 0.875. The largest absolute Gasteiger partial charge is 0.487 e. The maximum Gasteiger partial charge on any atom is 0.274 e. The lowest BCUT2D eigenvalue weighted by atomic mass is 10.2. The van der Waals surface area contributed by atoms with Crippen LogP contribution in [0.5, 0.6) is 5.75 Å². The summed E-state index contributed by atoms with van der Waals surface area (Å²) in [5.41, 5.74) is 0.876. The average molecular weight is 348 g/mol. The molecule has 3 rings (SSSR count). The first kappa shape index (κ1) is 17.4. The van der Waals surface area contributed by atoms with Crippen LogP contribution in [0.4, 0.5) is 4.39 Å². The van der Waals surface area contributed by atoms with Gasteiger partial charge >= 0.3 is 0 Å². The number of nitrogens with zero attached hydrogens (tertiary/aromatic N) is 3. The minimum absolute atomic E-state index is 0.0846. The summed E-state index contributed by atoms with van der Waals surface area (Å²) in [5, 5.41) is 16.8. The number of aromatic amines is 1. The second-order valence-electron chi connectivity index (χ2n) is 6.33. The summed E-state index contributed by atoms with van der Waals surface area (Å²) in [7, 11) is 3.75. The van der Waals surface area contributed by atoms with Crippen LogP contribution in [0.25, 0.3) is 0 Å². The monoisotopic (exact) mass is 348 g/mol. The van der Waals surface area contributed by atoms with Gasteiger partial charge in [0.05, 0.1) is 17.8 Å². The van der Waals surface area contributed by atoms with Gasteiger partial charge in [0.15, 0.2) is 5.69 Å². The lowest BCUT2D eigenvalue weighted by molar-refractivity contribution is 0.0758. The number of carbonyl (C=O) groups is 1. The lowest BCUT2D eigenvalue weighted by Gasteiger charge is -2.21. The Kier molecular flexibility index (Phi) is 5.00. The number of likely N-dealkylation sites (N-methyl/N-ethyl adjacent to an activating group) is 1. The Bertz CT molecular complexity index is 749. The molecule has 1 aromatic heterocycles. The third-order valence-corrected chi connectivity index (χ3v) is 4.25. The van der Waals surface area contributed by atoms with Crippen LogP contribution in [0, 0.1) is 5.82 Å². The van der Waals surface area contributed by atoms with Gasteiger partial charge in [-0.1, -0.05) is 6.07 Å². The zero-order chi connectivity index (χ0) is 18.0. The van der Waals surface area contributed by atoms with Gasteiger partial charge in [0.25, 0.3) is 5.91 Å². The van der Waals surface area contributed by atoms with Crippen LogP contribution in [-0.2, 0) is 6.61 Å². The van der Waals surface area contributed by atoms with Crippen molar-refractivity contribution in [1.82, 2.24) is 20.0 Å². The molecule has 1 saturated heterocycles. The number of halogens is 1. The van der Waals surface area contributed by atoms with Gasteiger partial charge in [-0.05, 0) is 32.3 Å². The van der Waals surface area contributed by atoms with E-state index in [-0.39, 0.29) is 36.6 Å². The molecule has 1 amide bonds. The number of ether oxygens (including phenoxy) is 1. The summed E-state index contributed by atoms with van der Waals surface area (Å²) in [5.74, 6) is -0.211. The van der Waals surface area contributed by atoms with Crippen LogP contribution in [0.1, 0.15) is 16.2 Å². The highest BCUT2D eigenvalue weighted by Gasteiger charge is 2.36. The highest BCUT2D eigenvalue weighted by molar-refractivity contribution is 5.92. The van der Waals surface area contributed by atoms with E-state index in [1.165, 1.54) is 12.1 Å². The first-order valence-electron chi connectivity index (χ1n) is 8.00. The zero-order valence-electron chi connectivity index (χ0n) is 14.1. The van der Waals surface area contributed by atoms with Gasteiger partial charge in [0.2, 0.25) is 0 Å². The van der Waals surface area contributed by atoms with Crippen molar-refractivity contribution in [3.63, 3.8) is 0 Å². The molecular weight excluding hydrogens is 327 g/mol. The van der Waals surface area contributed by atoms with E-state index < -0.39 is 6.10 Å². The number of aromatic nitrogens is 2. The Hall–Kier alpha value is -2.45. The lowest BCUT2D eigenvalue weighted by Crippen LogP contribution is -2.38. The van der Waals surface area contributed by atoms with Crippen molar-refractivity contribution in [2.24, 2.45) is 0 Å². The van der Waals surface area contributed by atoms with Crippen LogP contribution < -0.4 is 4.74 Å². The fraction of sp³-hybridized carbons (Fsp3) is 0.412. The number of hydrogen-bond donors (Lipinski definition) is 2. The first-order chi connectivity index (χ1) is 11.9. The van der Waals surface area contributed by atoms with Gasteiger partial charge < -0.3 is 19.6 Å². The van der Waals surface area contributed by atoms with Crippen LogP contribution in [0.3, 0.4) is 0 Å². The third kappa shape index (κ3) is 3.97. The molecule has 2 N–H and O–H groups in total. The Labute approximate surface area is 145 Å². The Morgan fingerprint density at radius 2 is 2.24 bits per heavy atom. The predicted molar refractivity (Wildman–Crippen MR) is 88.7 cm³/mol. The molecule has 1 aliphatic heterocycles. The summed E-state index contributed by atoms with van der Waals surface area (Å²) in [6.45, 7) is 0.880. The summed E-state index contributed by atoms with van der Waals surface area (Å²) in [6.07, 6.45) is -0.575. The average Bonchev–Trinajstić information content (AvgIpc) is 3.19. The number of nitrogens with one attached hydrogen (secondary N) is 1. The Balaban J connectivity index is 1.60. The molecular formula is C17H21FN4O3. The fourth-order valence-corrected chi connectivity index (χ4v) is 2.87. The van der Waals surface area contributed by atoms with E-state index in [4.69, 9.17) is 4.74 Å². The molecule has 1 aromatic carbocycles. The summed E-state index contributed by atoms with van der Waals surface area (Å²) < 4.78 is 18.6. The standard InChI is InChI=1S/C17H21FN4O3/c1-21(2)15-8-22(9-16(15)23)17(24)14-7-12(19-20-14)10-25-13-5-3-4-11(18)6-13/h3-7,15-16,23H,8-10H2,1-2H3,(H,19,20)/t15-,16-/m0/s1. The Morgan fingerprint density at radius 3 is 2.92 bits per heavy atom. The fourth-order valence-electron chi connectivity index (χ4n) is 2.87. The van der Waals surface area contributed by atoms with Gasteiger partial charge in [-0.2, -0.15) is 5.10 Å². The SMILES string of the molecule is CN(C)[C@H]1CN(C(=O)c2cc(COc3cccc(F)c3)[nH]n2)C[C@@H]1O. The molecule has 0 bridgehead atoms. The first-order valence-corrected chi connectivity index (χ1v) is 8.00. The number of benzene rings is 1.